The van der Waals surface area contributed by atoms with Crippen LogP contribution in [-0.4, -0.2) is 46.5 Å². The average molecular weight is 426 g/mol. The summed E-state index contributed by atoms with van der Waals surface area (Å²) < 4.78 is 35.7. The van der Waals surface area contributed by atoms with Crippen molar-refractivity contribution in [3.8, 4) is 0 Å². The van der Waals surface area contributed by atoms with Gasteiger partial charge in [-0.3, -0.25) is 9.59 Å². The Balaban J connectivity index is 1.77. The van der Waals surface area contributed by atoms with Crippen LogP contribution >= 0.6 is 11.3 Å². The minimum absolute atomic E-state index is 0.143. The fourth-order valence-electron chi connectivity index (χ4n) is 2.06. The van der Waals surface area contributed by atoms with Gasteiger partial charge in [-0.25, -0.2) is 17.9 Å². The molecule has 1 aromatic carbocycles. The third-order valence-electron chi connectivity index (χ3n) is 3.35. The van der Waals surface area contributed by atoms with E-state index < -0.39 is 34.5 Å². The molecule has 0 aliphatic rings. The van der Waals surface area contributed by atoms with Gasteiger partial charge in [0, 0.05) is 6.54 Å². The summed E-state index contributed by atoms with van der Waals surface area (Å²) in [5.74, 6) is -2.01. The van der Waals surface area contributed by atoms with Crippen LogP contribution in [0.4, 0.5) is 5.69 Å². The Labute approximate surface area is 165 Å². The van der Waals surface area contributed by atoms with Crippen molar-refractivity contribution in [2.75, 3.05) is 25.6 Å². The standard InChI is InChI=1S/C17H18N2O7S2/c1-25-17(22)12-5-2-3-6-13(12)19-14(20)11-26-15(21)8-9-18-28(23,24)16-7-4-10-27-16/h2-7,10,18H,8-9,11H2,1H3,(H,19,20). The van der Waals surface area contributed by atoms with Crippen LogP contribution in [-0.2, 0) is 29.1 Å². The maximum absolute atomic E-state index is 11.9. The second kappa shape index (κ2) is 9.97. The van der Waals surface area contributed by atoms with Crippen molar-refractivity contribution in [2.45, 2.75) is 10.6 Å². The summed E-state index contributed by atoms with van der Waals surface area (Å²) in [5.41, 5.74) is 0.381. The first kappa shape index (κ1) is 21.5. The Bertz CT molecular complexity index is 940. The summed E-state index contributed by atoms with van der Waals surface area (Å²) in [7, 11) is -2.44. The van der Waals surface area contributed by atoms with Gasteiger partial charge in [-0.1, -0.05) is 18.2 Å². The molecule has 0 bridgehead atoms. The SMILES string of the molecule is COC(=O)c1ccccc1NC(=O)COC(=O)CCNS(=O)(=O)c1cccs1. The number of methoxy groups -OCH3 is 1. The molecule has 11 heteroatoms. The molecule has 0 spiro atoms. The normalized spacial score (nSPS) is 10.9. The van der Waals surface area contributed by atoms with Crippen molar-refractivity contribution in [1.82, 2.24) is 4.72 Å². The highest BCUT2D eigenvalue weighted by molar-refractivity contribution is 7.91. The molecule has 1 aromatic heterocycles. The lowest BCUT2D eigenvalue weighted by atomic mass is 10.2. The molecule has 2 rings (SSSR count). The number of nitrogens with one attached hydrogen (secondary N) is 2. The highest BCUT2D eigenvalue weighted by atomic mass is 32.2. The smallest absolute Gasteiger partial charge is 0.339 e. The minimum atomic E-state index is -3.66. The van der Waals surface area contributed by atoms with Crippen LogP contribution < -0.4 is 10.0 Å². The predicted octanol–water partition coefficient (Wildman–Crippen LogP) is 1.38. The first-order chi connectivity index (χ1) is 13.3. The van der Waals surface area contributed by atoms with Gasteiger partial charge < -0.3 is 14.8 Å². The van der Waals surface area contributed by atoms with Crippen LogP contribution in [0.25, 0.3) is 0 Å². The van der Waals surface area contributed by atoms with Crippen LogP contribution in [0, 0.1) is 0 Å². The number of thiophene rings is 1. The van der Waals surface area contributed by atoms with E-state index in [1.807, 2.05) is 0 Å². The zero-order valence-corrected chi connectivity index (χ0v) is 16.5. The fraction of sp³-hybridized carbons (Fsp3) is 0.235. The summed E-state index contributed by atoms with van der Waals surface area (Å²) in [6, 6.07) is 9.26. The number of hydrogen-bond donors (Lipinski definition) is 2. The first-order valence-corrected chi connectivity index (χ1v) is 10.4. The molecule has 0 unspecified atom stereocenters. The van der Waals surface area contributed by atoms with Crippen molar-refractivity contribution in [3.05, 3.63) is 47.3 Å². The molecule has 0 aliphatic heterocycles. The van der Waals surface area contributed by atoms with E-state index in [1.54, 1.807) is 23.6 Å². The Morgan fingerprint density at radius 2 is 1.86 bits per heavy atom. The summed E-state index contributed by atoms with van der Waals surface area (Å²) >= 11 is 1.06. The van der Waals surface area contributed by atoms with Crippen molar-refractivity contribution < 1.29 is 32.3 Å². The van der Waals surface area contributed by atoms with Crippen LogP contribution in [0.5, 0.6) is 0 Å². The van der Waals surface area contributed by atoms with Gasteiger partial charge in [0.05, 0.1) is 24.8 Å². The van der Waals surface area contributed by atoms with Gasteiger partial charge in [0.1, 0.15) is 4.21 Å². The fourth-order valence-corrected chi connectivity index (χ4v) is 4.13. The lowest BCUT2D eigenvalue weighted by Crippen LogP contribution is -2.27. The summed E-state index contributed by atoms with van der Waals surface area (Å²) in [6.45, 7) is -0.738. The molecule has 150 valence electrons. The van der Waals surface area contributed by atoms with Crippen LogP contribution in [0.2, 0.25) is 0 Å². The van der Waals surface area contributed by atoms with Gasteiger partial charge in [-0.05, 0) is 23.6 Å². The highest BCUT2D eigenvalue weighted by Crippen LogP contribution is 2.16. The number of carbonyl (C=O) groups is 3. The number of rotatable bonds is 9. The Hall–Kier alpha value is -2.76. The van der Waals surface area contributed by atoms with Crippen LogP contribution in [0.3, 0.4) is 0 Å². The molecule has 2 aromatic rings. The van der Waals surface area contributed by atoms with Gasteiger partial charge in [0.2, 0.25) is 10.0 Å². The molecular formula is C17H18N2O7S2. The van der Waals surface area contributed by atoms with E-state index in [9.17, 15) is 22.8 Å². The number of ether oxygens (including phenoxy) is 2. The Kier molecular flexibility index (Phi) is 7.67. The van der Waals surface area contributed by atoms with E-state index >= 15 is 0 Å². The number of esters is 2. The molecule has 0 radical (unpaired) electrons. The lowest BCUT2D eigenvalue weighted by Gasteiger charge is -2.10. The number of benzene rings is 1. The topological polar surface area (TPSA) is 128 Å². The monoisotopic (exact) mass is 426 g/mol. The van der Waals surface area contributed by atoms with E-state index in [4.69, 9.17) is 4.74 Å². The molecule has 0 saturated heterocycles. The molecule has 0 saturated carbocycles. The average Bonchev–Trinajstić information content (AvgIpc) is 3.22. The van der Waals surface area contributed by atoms with Gasteiger partial charge >= 0.3 is 11.9 Å². The maximum atomic E-state index is 11.9. The first-order valence-electron chi connectivity index (χ1n) is 7.99. The third-order valence-corrected chi connectivity index (χ3v) is 6.21. The van der Waals surface area contributed by atoms with Gasteiger partial charge in [0.25, 0.3) is 5.91 Å². The molecule has 1 amide bonds. The molecule has 0 aliphatic carbocycles. The molecule has 0 fully saturated rings. The quantitative estimate of drug-likeness (QED) is 0.580. The molecular weight excluding hydrogens is 408 g/mol. The van der Waals surface area contributed by atoms with E-state index in [2.05, 4.69) is 14.8 Å². The summed E-state index contributed by atoms with van der Waals surface area (Å²) in [5, 5.41) is 4.08. The molecule has 28 heavy (non-hydrogen) atoms. The third kappa shape index (κ3) is 6.15. The summed E-state index contributed by atoms with van der Waals surface area (Å²) in [4.78, 5) is 35.3. The van der Waals surface area contributed by atoms with Crippen molar-refractivity contribution >= 4 is 44.9 Å². The number of amides is 1. The number of para-hydroxylation sites is 1. The van der Waals surface area contributed by atoms with Gasteiger partial charge in [0.15, 0.2) is 6.61 Å². The molecule has 9 nitrogen and oxygen atoms in total. The van der Waals surface area contributed by atoms with Crippen LogP contribution in [0.1, 0.15) is 16.8 Å². The van der Waals surface area contributed by atoms with E-state index in [0.717, 1.165) is 11.3 Å². The zero-order valence-electron chi connectivity index (χ0n) is 14.8. The maximum Gasteiger partial charge on any atom is 0.339 e. The number of carbonyl (C=O) groups excluding carboxylic acids is 3. The number of hydrogen-bond acceptors (Lipinski definition) is 8. The molecule has 1 heterocycles. The lowest BCUT2D eigenvalue weighted by molar-refractivity contribution is -0.147. The van der Waals surface area contributed by atoms with E-state index in [0.29, 0.717) is 0 Å². The molecule has 0 atom stereocenters. The second-order valence-electron chi connectivity index (χ2n) is 5.33. The summed E-state index contributed by atoms with van der Waals surface area (Å²) in [6.07, 6.45) is -0.239. The Morgan fingerprint density at radius 1 is 1.11 bits per heavy atom. The number of sulfonamides is 1. The number of anilines is 1. The van der Waals surface area contributed by atoms with Crippen molar-refractivity contribution in [2.24, 2.45) is 0 Å². The zero-order chi connectivity index (χ0) is 20.6. The van der Waals surface area contributed by atoms with Gasteiger partial charge in [-0.2, -0.15) is 0 Å². The molecule has 2 N–H and O–H groups in total. The van der Waals surface area contributed by atoms with Crippen LogP contribution in [0.15, 0.2) is 46.0 Å². The largest absolute Gasteiger partial charge is 0.465 e. The van der Waals surface area contributed by atoms with E-state index in [-0.39, 0.29) is 28.4 Å². The van der Waals surface area contributed by atoms with Crippen molar-refractivity contribution in [1.29, 1.82) is 0 Å². The highest BCUT2D eigenvalue weighted by Gasteiger charge is 2.17. The second-order valence-corrected chi connectivity index (χ2v) is 8.27. The predicted molar refractivity (Wildman–Crippen MR) is 101 cm³/mol. The Morgan fingerprint density at radius 3 is 2.54 bits per heavy atom. The van der Waals surface area contributed by atoms with Crippen molar-refractivity contribution in [3.63, 3.8) is 0 Å². The van der Waals surface area contributed by atoms with Gasteiger partial charge in [-0.15, -0.1) is 11.3 Å². The minimum Gasteiger partial charge on any atom is -0.465 e. The van der Waals surface area contributed by atoms with E-state index in [1.165, 1.54) is 25.3 Å².